The predicted molar refractivity (Wildman–Crippen MR) is 50.7 cm³/mol. The standard InChI is InChI=1S/C8H14O4S/c1-11-7(9)5-3-4-6-13-8(10)12-2/h3-6H2,1-2H3. The SMILES string of the molecule is COC(=O)CCCCSC(=O)OC. The van der Waals surface area contributed by atoms with Crippen LogP contribution < -0.4 is 0 Å². The third-order valence-electron chi connectivity index (χ3n) is 1.39. The molecule has 0 saturated carbocycles. The number of hydrogen-bond acceptors (Lipinski definition) is 5. The molecule has 0 unspecified atom stereocenters. The van der Waals surface area contributed by atoms with E-state index in [1.165, 1.54) is 14.2 Å². The molecule has 0 spiro atoms. The molecule has 0 atom stereocenters. The summed E-state index contributed by atoms with van der Waals surface area (Å²) in [7, 11) is 2.72. The largest absolute Gasteiger partial charge is 0.469 e. The Morgan fingerprint density at radius 3 is 2.38 bits per heavy atom. The van der Waals surface area contributed by atoms with E-state index in [-0.39, 0.29) is 11.3 Å². The number of carbonyl (C=O) groups is 2. The second-order valence-electron chi connectivity index (χ2n) is 2.34. The van der Waals surface area contributed by atoms with Crippen LogP contribution in [0.3, 0.4) is 0 Å². The van der Waals surface area contributed by atoms with Crippen LogP contribution in [0.15, 0.2) is 0 Å². The summed E-state index contributed by atoms with van der Waals surface area (Å²) < 4.78 is 8.89. The summed E-state index contributed by atoms with van der Waals surface area (Å²) in [6, 6.07) is 0. The fraction of sp³-hybridized carbons (Fsp3) is 0.750. The third kappa shape index (κ3) is 7.64. The molecule has 0 aromatic heterocycles. The van der Waals surface area contributed by atoms with Gasteiger partial charge in [-0.05, 0) is 24.6 Å². The maximum Gasteiger partial charge on any atom is 0.367 e. The molecule has 13 heavy (non-hydrogen) atoms. The van der Waals surface area contributed by atoms with E-state index < -0.39 is 0 Å². The molecule has 5 heteroatoms. The number of ether oxygens (including phenoxy) is 2. The average molecular weight is 206 g/mol. The van der Waals surface area contributed by atoms with Crippen LogP contribution in [0.2, 0.25) is 0 Å². The van der Waals surface area contributed by atoms with Gasteiger partial charge in [-0.3, -0.25) is 4.79 Å². The second kappa shape index (κ2) is 7.91. The van der Waals surface area contributed by atoms with E-state index >= 15 is 0 Å². The zero-order valence-electron chi connectivity index (χ0n) is 7.87. The van der Waals surface area contributed by atoms with Gasteiger partial charge in [0.2, 0.25) is 0 Å². The molecule has 0 heterocycles. The normalized spacial score (nSPS) is 9.38. The highest BCUT2D eigenvalue weighted by Crippen LogP contribution is 2.08. The molecule has 0 aliphatic carbocycles. The smallest absolute Gasteiger partial charge is 0.367 e. The molecule has 0 amide bonds. The summed E-state index contributed by atoms with van der Waals surface area (Å²) in [6.45, 7) is 0. The van der Waals surface area contributed by atoms with Crippen LogP contribution in [0.5, 0.6) is 0 Å². The van der Waals surface area contributed by atoms with Crippen molar-refractivity contribution in [2.24, 2.45) is 0 Å². The van der Waals surface area contributed by atoms with Crippen molar-refractivity contribution in [3.8, 4) is 0 Å². The van der Waals surface area contributed by atoms with Gasteiger partial charge >= 0.3 is 11.3 Å². The molecule has 0 aliphatic heterocycles. The van der Waals surface area contributed by atoms with E-state index in [1.54, 1.807) is 0 Å². The third-order valence-corrected chi connectivity index (χ3v) is 2.28. The molecular weight excluding hydrogens is 192 g/mol. The van der Waals surface area contributed by atoms with Crippen molar-refractivity contribution >= 4 is 23.0 Å². The maximum absolute atomic E-state index is 10.6. The Hall–Kier alpha value is -0.710. The van der Waals surface area contributed by atoms with Crippen molar-refractivity contribution in [2.75, 3.05) is 20.0 Å². The lowest BCUT2D eigenvalue weighted by Gasteiger charge is -1.99. The number of methoxy groups -OCH3 is 2. The van der Waals surface area contributed by atoms with Gasteiger partial charge in [-0.15, -0.1) is 0 Å². The van der Waals surface area contributed by atoms with Crippen molar-refractivity contribution in [3.63, 3.8) is 0 Å². The molecular formula is C8H14O4S. The fourth-order valence-electron chi connectivity index (χ4n) is 0.688. The number of carbonyl (C=O) groups excluding carboxylic acids is 2. The second-order valence-corrected chi connectivity index (χ2v) is 3.37. The number of rotatable bonds is 5. The van der Waals surface area contributed by atoms with Crippen molar-refractivity contribution in [1.82, 2.24) is 0 Å². The summed E-state index contributed by atoms with van der Waals surface area (Å²) in [6.07, 6.45) is 1.98. The zero-order chi connectivity index (χ0) is 10.1. The fourth-order valence-corrected chi connectivity index (χ4v) is 1.32. The lowest BCUT2D eigenvalue weighted by molar-refractivity contribution is -0.140. The Kier molecular flexibility index (Phi) is 7.48. The van der Waals surface area contributed by atoms with Gasteiger partial charge < -0.3 is 9.47 Å². The average Bonchev–Trinajstić information content (AvgIpc) is 2.16. The zero-order valence-corrected chi connectivity index (χ0v) is 8.69. The number of hydrogen-bond donors (Lipinski definition) is 0. The lowest BCUT2D eigenvalue weighted by atomic mass is 10.2. The van der Waals surface area contributed by atoms with E-state index in [1.807, 2.05) is 0 Å². The Balaban J connectivity index is 3.17. The number of thioether (sulfide) groups is 1. The topological polar surface area (TPSA) is 52.6 Å². The van der Waals surface area contributed by atoms with Crippen LogP contribution in [0, 0.1) is 0 Å². The highest BCUT2D eigenvalue weighted by molar-refractivity contribution is 8.13. The molecule has 0 fully saturated rings. The van der Waals surface area contributed by atoms with Crippen LogP contribution in [-0.4, -0.2) is 31.2 Å². The first-order valence-electron chi connectivity index (χ1n) is 3.98. The predicted octanol–water partition coefficient (Wildman–Crippen LogP) is 1.83. The van der Waals surface area contributed by atoms with Gasteiger partial charge in [0, 0.05) is 12.2 Å². The summed E-state index contributed by atoms with van der Waals surface area (Å²) >= 11 is 1.12. The van der Waals surface area contributed by atoms with Crippen LogP contribution >= 0.6 is 11.8 Å². The Morgan fingerprint density at radius 2 is 1.85 bits per heavy atom. The molecule has 0 radical (unpaired) electrons. The quantitative estimate of drug-likeness (QED) is 0.507. The minimum Gasteiger partial charge on any atom is -0.469 e. The van der Waals surface area contributed by atoms with Gasteiger partial charge in [0.1, 0.15) is 0 Å². The molecule has 0 N–H and O–H groups in total. The van der Waals surface area contributed by atoms with Crippen LogP contribution in [0.25, 0.3) is 0 Å². The van der Waals surface area contributed by atoms with Gasteiger partial charge in [0.15, 0.2) is 0 Å². The monoisotopic (exact) mass is 206 g/mol. The Bertz CT molecular complexity index is 152. The lowest BCUT2D eigenvalue weighted by Crippen LogP contribution is -2.00. The highest BCUT2D eigenvalue weighted by atomic mass is 32.2. The Labute approximate surface area is 82.0 Å². The molecule has 76 valence electrons. The first-order chi connectivity index (χ1) is 6.20. The van der Waals surface area contributed by atoms with E-state index in [9.17, 15) is 9.59 Å². The van der Waals surface area contributed by atoms with E-state index in [4.69, 9.17) is 0 Å². The first kappa shape index (κ1) is 12.3. The summed E-state index contributed by atoms with van der Waals surface area (Å²) in [5.41, 5.74) is 0. The van der Waals surface area contributed by atoms with Crippen LogP contribution in [-0.2, 0) is 14.3 Å². The van der Waals surface area contributed by atoms with Gasteiger partial charge in [-0.25, -0.2) is 4.79 Å². The molecule has 0 aromatic carbocycles. The molecule has 0 bridgehead atoms. The van der Waals surface area contributed by atoms with Gasteiger partial charge in [0.25, 0.3) is 0 Å². The Morgan fingerprint density at radius 1 is 1.15 bits per heavy atom. The summed E-state index contributed by atoms with van der Waals surface area (Å²) in [5, 5.41) is -0.280. The molecule has 0 saturated heterocycles. The van der Waals surface area contributed by atoms with E-state index in [2.05, 4.69) is 9.47 Å². The summed E-state index contributed by atoms with van der Waals surface area (Å²) in [4.78, 5) is 21.3. The summed E-state index contributed by atoms with van der Waals surface area (Å²) in [5.74, 6) is 0.479. The highest BCUT2D eigenvalue weighted by Gasteiger charge is 2.02. The van der Waals surface area contributed by atoms with Crippen LogP contribution in [0.4, 0.5) is 4.79 Å². The molecule has 0 rings (SSSR count). The van der Waals surface area contributed by atoms with E-state index in [0.717, 1.165) is 24.6 Å². The van der Waals surface area contributed by atoms with Crippen molar-refractivity contribution in [3.05, 3.63) is 0 Å². The van der Waals surface area contributed by atoms with Crippen LogP contribution in [0.1, 0.15) is 19.3 Å². The molecule has 4 nitrogen and oxygen atoms in total. The van der Waals surface area contributed by atoms with E-state index in [0.29, 0.717) is 12.2 Å². The van der Waals surface area contributed by atoms with Crippen molar-refractivity contribution < 1.29 is 19.1 Å². The maximum atomic E-state index is 10.6. The van der Waals surface area contributed by atoms with Crippen molar-refractivity contribution in [2.45, 2.75) is 19.3 Å². The number of unbranched alkanes of at least 4 members (excludes halogenated alkanes) is 1. The van der Waals surface area contributed by atoms with Crippen molar-refractivity contribution in [1.29, 1.82) is 0 Å². The van der Waals surface area contributed by atoms with Gasteiger partial charge in [-0.1, -0.05) is 0 Å². The van der Waals surface area contributed by atoms with Gasteiger partial charge in [-0.2, -0.15) is 0 Å². The number of esters is 1. The first-order valence-corrected chi connectivity index (χ1v) is 4.96. The molecule has 0 aliphatic rings. The minimum absolute atomic E-state index is 0.205. The minimum atomic E-state index is -0.280. The molecule has 0 aromatic rings. The van der Waals surface area contributed by atoms with Gasteiger partial charge in [0.05, 0.1) is 14.2 Å².